The van der Waals surface area contributed by atoms with Crippen LogP contribution in [-0.4, -0.2) is 12.3 Å². The lowest BCUT2D eigenvalue weighted by Crippen LogP contribution is -2.13. The van der Waals surface area contributed by atoms with Gasteiger partial charge in [-0.2, -0.15) is 0 Å². The molecule has 0 radical (unpaired) electrons. The molecule has 0 aliphatic carbocycles. The van der Waals surface area contributed by atoms with Gasteiger partial charge in [0.2, 0.25) is 0 Å². The number of hydrogen-bond acceptors (Lipinski definition) is 2. The molecule has 0 aromatic heterocycles. The molecule has 0 fully saturated rings. The van der Waals surface area contributed by atoms with Gasteiger partial charge >= 0.3 is 0 Å². The van der Waals surface area contributed by atoms with E-state index in [0.29, 0.717) is 5.56 Å². The predicted molar refractivity (Wildman–Crippen MR) is 92.6 cm³/mol. The highest BCUT2D eigenvalue weighted by atomic mass is 16.1. The average Bonchev–Trinajstić information content (AvgIpc) is 2.56. The van der Waals surface area contributed by atoms with Crippen molar-refractivity contribution in [2.24, 2.45) is 0 Å². The molecule has 0 amide bonds. The van der Waals surface area contributed by atoms with Crippen molar-refractivity contribution < 1.29 is 4.79 Å². The van der Waals surface area contributed by atoms with Crippen LogP contribution in [0.15, 0.2) is 78.5 Å². The number of nitrogens with one attached hydrogen (secondary N) is 1. The highest BCUT2D eigenvalue weighted by Gasteiger charge is 2.01. The summed E-state index contributed by atoms with van der Waals surface area (Å²) in [5.41, 5.74) is 2.81. The van der Waals surface area contributed by atoms with Crippen LogP contribution in [0, 0.1) is 0 Å². The highest BCUT2D eigenvalue weighted by Crippen LogP contribution is 2.03. The van der Waals surface area contributed by atoms with Gasteiger partial charge in [0.25, 0.3) is 0 Å². The quantitative estimate of drug-likeness (QED) is 0.463. The summed E-state index contributed by atoms with van der Waals surface area (Å²) in [6.45, 7) is 2.73. The molecule has 0 saturated heterocycles. The molecule has 22 heavy (non-hydrogen) atoms. The normalized spacial score (nSPS) is 11.6. The second-order valence-electron chi connectivity index (χ2n) is 5.09. The van der Waals surface area contributed by atoms with Crippen molar-refractivity contribution in [2.45, 2.75) is 13.3 Å². The maximum Gasteiger partial charge on any atom is 0.187 e. The maximum atomic E-state index is 12.0. The van der Waals surface area contributed by atoms with Crippen LogP contribution < -0.4 is 5.32 Å². The van der Waals surface area contributed by atoms with Gasteiger partial charge in [0.15, 0.2) is 5.78 Å². The summed E-state index contributed by atoms with van der Waals surface area (Å²) in [4.78, 5) is 12.0. The van der Waals surface area contributed by atoms with Gasteiger partial charge in [0, 0.05) is 23.9 Å². The van der Waals surface area contributed by atoms with E-state index in [1.54, 1.807) is 6.08 Å². The molecule has 112 valence electrons. The smallest absolute Gasteiger partial charge is 0.187 e. The lowest BCUT2D eigenvalue weighted by Gasteiger charge is -2.04. The Hall–Kier alpha value is -2.61. The third-order valence-electron chi connectivity index (χ3n) is 3.23. The molecule has 0 saturated carbocycles. The Bertz CT molecular complexity index is 642. The van der Waals surface area contributed by atoms with Crippen molar-refractivity contribution in [1.29, 1.82) is 0 Å². The van der Waals surface area contributed by atoms with E-state index in [1.807, 2.05) is 55.5 Å². The van der Waals surface area contributed by atoms with Crippen molar-refractivity contribution in [3.8, 4) is 0 Å². The molecule has 2 nitrogen and oxygen atoms in total. The van der Waals surface area contributed by atoms with E-state index < -0.39 is 0 Å². The first kappa shape index (κ1) is 15.8. The zero-order valence-corrected chi connectivity index (χ0v) is 12.8. The summed E-state index contributed by atoms with van der Waals surface area (Å²) >= 11 is 0. The molecular formula is C20H21NO. The average molecular weight is 291 g/mol. The van der Waals surface area contributed by atoms with Crippen molar-refractivity contribution >= 4 is 11.9 Å². The molecule has 0 aliphatic heterocycles. The van der Waals surface area contributed by atoms with Crippen LogP contribution >= 0.6 is 0 Å². The molecule has 0 bridgehead atoms. The first-order valence-corrected chi connectivity index (χ1v) is 7.49. The number of benzene rings is 2. The maximum absolute atomic E-state index is 12.0. The molecule has 0 atom stereocenters. The van der Waals surface area contributed by atoms with E-state index in [-0.39, 0.29) is 5.78 Å². The summed E-state index contributed by atoms with van der Waals surface area (Å²) in [5, 5.41) is 3.26. The fourth-order valence-electron chi connectivity index (χ4n) is 2.07. The predicted octanol–water partition coefficient (Wildman–Crippen LogP) is 4.47. The van der Waals surface area contributed by atoms with E-state index in [1.165, 1.54) is 5.56 Å². The zero-order valence-electron chi connectivity index (χ0n) is 12.8. The van der Waals surface area contributed by atoms with Gasteiger partial charge in [-0.15, -0.1) is 0 Å². The van der Waals surface area contributed by atoms with E-state index in [0.717, 1.165) is 18.7 Å². The Morgan fingerprint density at radius 2 is 1.64 bits per heavy atom. The van der Waals surface area contributed by atoms with E-state index in [9.17, 15) is 4.79 Å². The molecular weight excluding hydrogens is 270 g/mol. The van der Waals surface area contributed by atoms with Gasteiger partial charge < -0.3 is 5.32 Å². The first-order valence-electron chi connectivity index (χ1n) is 7.49. The molecule has 2 aromatic rings. The largest absolute Gasteiger partial charge is 0.388 e. The Labute approximate surface area is 132 Å². The number of carbonyl (C=O) groups excluding carboxylic acids is 1. The summed E-state index contributed by atoms with van der Waals surface area (Å²) in [6, 6.07) is 19.5. The van der Waals surface area contributed by atoms with Crippen LogP contribution in [-0.2, 0) is 0 Å². The molecule has 0 aliphatic rings. The Kier molecular flexibility index (Phi) is 6.18. The van der Waals surface area contributed by atoms with Crippen LogP contribution in [0.2, 0.25) is 0 Å². The SMILES string of the molecule is C/C(=C/C(=O)c1ccccc1)NCC/C=C\c1ccccc1. The fraction of sp³-hybridized carbons (Fsp3) is 0.150. The summed E-state index contributed by atoms with van der Waals surface area (Å²) < 4.78 is 0. The monoisotopic (exact) mass is 291 g/mol. The van der Waals surface area contributed by atoms with E-state index in [2.05, 4.69) is 29.6 Å². The number of rotatable bonds is 7. The van der Waals surface area contributed by atoms with Gasteiger partial charge in [-0.25, -0.2) is 0 Å². The minimum atomic E-state index is 0.0328. The van der Waals surface area contributed by atoms with Crippen LogP contribution in [0.3, 0.4) is 0 Å². The number of allylic oxidation sites excluding steroid dienone is 2. The first-order chi connectivity index (χ1) is 10.8. The third-order valence-corrected chi connectivity index (χ3v) is 3.23. The fourth-order valence-corrected chi connectivity index (χ4v) is 2.07. The standard InChI is InChI=1S/C20H21NO/c1-17(16-20(22)19-13-6-3-7-14-19)21-15-9-8-12-18-10-4-2-5-11-18/h2-8,10-14,16,21H,9,15H2,1H3/b12-8-,17-16-. The van der Waals surface area contributed by atoms with Gasteiger partial charge in [-0.3, -0.25) is 4.79 Å². The summed E-state index contributed by atoms with van der Waals surface area (Å²) in [7, 11) is 0. The van der Waals surface area contributed by atoms with Crippen LogP contribution in [0.25, 0.3) is 6.08 Å². The summed E-state index contributed by atoms with van der Waals surface area (Å²) in [5.74, 6) is 0.0328. The molecule has 2 heteroatoms. The lowest BCUT2D eigenvalue weighted by molar-refractivity contribution is 0.104. The zero-order chi connectivity index (χ0) is 15.6. The van der Waals surface area contributed by atoms with E-state index in [4.69, 9.17) is 0 Å². The van der Waals surface area contributed by atoms with Gasteiger partial charge in [-0.05, 0) is 18.9 Å². The molecule has 0 spiro atoms. The van der Waals surface area contributed by atoms with E-state index >= 15 is 0 Å². The highest BCUT2D eigenvalue weighted by molar-refractivity contribution is 6.04. The molecule has 1 N–H and O–H groups in total. The van der Waals surface area contributed by atoms with Crippen LogP contribution in [0.1, 0.15) is 29.3 Å². The van der Waals surface area contributed by atoms with Crippen molar-refractivity contribution in [2.75, 3.05) is 6.54 Å². The second-order valence-corrected chi connectivity index (χ2v) is 5.09. The molecule has 2 aromatic carbocycles. The minimum Gasteiger partial charge on any atom is -0.388 e. The number of ketones is 1. The van der Waals surface area contributed by atoms with Crippen LogP contribution in [0.5, 0.6) is 0 Å². The van der Waals surface area contributed by atoms with Gasteiger partial charge in [0.05, 0.1) is 0 Å². The molecule has 0 heterocycles. The van der Waals surface area contributed by atoms with Crippen molar-refractivity contribution in [3.63, 3.8) is 0 Å². The second kappa shape index (κ2) is 8.63. The lowest BCUT2D eigenvalue weighted by atomic mass is 10.1. The van der Waals surface area contributed by atoms with Crippen molar-refractivity contribution in [3.05, 3.63) is 89.6 Å². The Morgan fingerprint density at radius 1 is 1.00 bits per heavy atom. The molecule has 2 rings (SSSR count). The van der Waals surface area contributed by atoms with Crippen molar-refractivity contribution in [1.82, 2.24) is 5.32 Å². The Balaban J connectivity index is 1.76. The van der Waals surface area contributed by atoms with Crippen LogP contribution in [0.4, 0.5) is 0 Å². The summed E-state index contributed by atoms with van der Waals surface area (Å²) in [6.07, 6.45) is 6.81. The minimum absolute atomic E-state index is 0.0328. The van der Waals surface area contributed by atoms with Gasteiger partial charge in [0.1, 0.15) is 0 Å². The number of carbonyl (C=O) groups is 1. The number of hydrogen-bond donors (Lipinski definition) is 1. The Morgan fingerprint density at radius 3 is 2.32 bits per heavy atom. The van der Waals surface area contributed by atoms with Gasteiger partial charge in [-0.1, -0.05) is 72.8 Å². The topological polar surface area (TPSA) is 29.1 Å². The molecule has 0 unspecified atom stereocenters. The third kappa shape index (κ3) is 5.41.